The molecule has 3 rings (SSSR count). The maximum Gasteiger partial charge on any atom is 0.0119 e. The van der Waals surface area contributed by atoms with Crippen molar-refractivity contribution in [2.24, 2.45) is 0 Å². The summed E-state index contributed by atoms with van der Waals surface area (Å²) < 4.78 is 0.251. The molecule has 0 heterocycles. The van der Waals surface area contributed by atoms with Gasteiger partial charge in [-0.25, -0.2) is 0 Å². The highest BCUT2D eigenvalue weighted by Crippen LogP contribution is 2.52. The Morgan fingerprint density at radius 1 is 0.826 bits per heavy atom. The molecule has 0 atom stereocenters. The van der Waals surface area contributed by atoms with E-state index in [4.69, 9.17) is 0 Å². The highest BCUT2D eigenvalue weighted by atomic mass is 32.2. The molecule has 0 saturated heterocycles. The predicted octanol–water partition coefficient (Wildman–Crippen LogP) is 5.82. The van der Waals surface area contributed by atoms with Crippen molar-refractivity contribution in [3.05, 3.63) is 83.0 Å². The number of hydrogen-bond acceptors (Lipinski definition) is 1. The third kappa shape index (κ3) is 4.16. The molecule has 0 nitrogen and oxygen atoms in total. The van der Waals surface area contributed by atoms with Gasteiger partial charge in [-0.1, -0.05) is 93.6 Å². The lowest BCUT2D eigenvalue weighted by Gasteiger charge is -2.24. The number of allylic oxidation sites excluding steroid dienone is 4. The predicted molar refractivity (Wildman–Crippen MR) is 107 cm³/mol. The summed E-state index contributed by atoms with van der Waals surface area (Å²) in [5.41, 5.74) is 0. The van der Waals surface area contributed by atoms with Crippen LogP contribution >= 0.6 is 19.7 Å². The minimum atomic E-state index is -0.472. The number of hydrogen-bond donors (Lipinski definition) is 0. The lowest BCUT2D eigenvalue weighted by molar-refractivity contribution is 0.805. The smallest absolute Gasteiger partial charge is 0.0119 e. The van der Waals surface area contributed by atoms with E-state index in [1.807, 2.05) is 11.8 Å². The monoisotopic (exact) mass is 338 g/mol. The summed E-state index contributed by atoms with van der Waals surface area (Å²) in [5.74, 6) is 0. The normalized spacial score (nSPS) is 14.8. The zero-order chi connectivity index (χ0) is 16.3. The van der Waals surface area contributed by atoms with Gasteiger partial charge in [0, 0.05) is 4.75 Å². The molecule has 0 N–H and O–H groups in total. The Balaban J connectivity index is 2.08. The highest BCUT2D eigenvalue weighted by Gasteiger charge is 2.25. The van der Waals surface area contributed by atoms with Crippen LogP contribution in [0, 0.1) is 0 Å². The van der Waals surface area contributed by atoms with E-state index >= 15 is 0 Å². The van der Waals surface area contributed by atoms with Gasteiger partial charge >= 0.3 is 0 Å². The second-order valence-electron chi connectivity index (χ2n) is 6.64. The van der Waals surface area contributed by atoms with E-state index in [1.165, 1.54) is 20.8 Å². The van der Waals surface area contributed by atoms with E-state index in [1.54, 1.807) is 0 Å². The first-order chi connectivity index (χ1) is 11.0. The van der Waals surface area contributed by atoms with Crippen LogP contribution in [-0.4, -0.2) is 4.75 Å². The number of rotatable bonds is 4. The average Bonchev–Trinajstić information content (AvgIpc) is 2.96. The molecular formula is C21H23PS. The van der Waals surface area contributed by atoms with E-state index in [-0.39, 0.29) is 4.75 Å². The van der Waals surface area contributed by atoms with Gasteiger partial charge in [0.05, 0.1) is 0 Å². The number of thioether (sulfide) groups is 1. The van der Waals surface area contributed by atoms with E-state index in [0.717, 1.165) is 6.42 Å². The van der Waals surface area contributed by atoms with Crippen LogP contribution in [0.3, 0.4) is 0 Å². The Kier molecular flexibility index (Phi) is 5.09. The molecule has 2 aromatic rings. The molecule has 2 heteroatoms. The van der Waals surface area contributed by atoms with Gasteiger partial charge in [-0.15, -0.1) is 11.8 Å². The third-order valence-electron chi connectivity index (χ3n) is 3.56. The van der Waals surface area contributed by atoms with Gasteiger partial charge in [0.1, 0.15) is 0 Å². The Bertz CT molecular complexity index is 669. The fourth-order valence-corrected chi connectivity index (χ4v) is 6.61. The highest BCUT2D eigenvalue weighted by molar-refractivity contribution is 8.04. The summed E-state index contributed by atoms with van der Waals surface area (Å²) in [6.07, 6.45) is 5.76. The summed E-state index contributed by atoms with van der Waals surface area (Å²) in [7, 11) is -0.472. The SMILES string of the molecule is CC(C)(C)SC1=C(P(c2ccccc2)c2ccccc2)C=CC1. The maximum atomic E-state index is 2.36. The molecule has 0 fully saturated rings. The molecule has 0 aliphatic heterocycles. The van der Waals surface area contributed by atoms with Crippen molar-refractivity contribution in [3.63, 3.8) is 0 Å². The second-order valence-corrected chi connectivity index (χ2v) is 10.7. The van der Waals surface area contributed by atoms with Crippen LogP contribution in [0.4, 0.5) is 0 Å². The van der Waals surface area contributed by atoms with Gasteiger partial charge in [0.2, 0.25) is 0 Å². The van der Waals surface area contributed by atoms with Crippen LogP contribution in [0.2, 0.25) is 0 Å². The van der Waals surface area contributed by atoms with Crippen molar-refractivity contribution in [2.45, 2.75) is 31.9 Å². The molecular weight excluding hydrogens is 315 g/mol. The van der Waals surface area contributed by atoms with Crippen LogP contribution in [-0.2, 0) is 0 Å². The van der Waals surface area contributed by atoms with E-state index < -0.39 is 7.92 Å². The van der Waals surface area contributed by atoms with Gasteiger partial charge in [0.15, 0.2) is 0 Å². The first kappa shape index (κ1) is 16.6. The molecule has 0 saturated carbocycles. The van der Waals surface area contributed by atoms with Crippen molar-refractivity contribution < 1.29 is 0 Å². The molecule has 0 unspecified atom stereocenters. The summed E-state index contributed by atoms with van der Waals surface area (Å²) in [4.78, 5) is 1.54. The zero-order valence-electron chi connectivity index (χ0n) is 14.0. The average molecular weight is 338 g/mol. The minimum absolute atomic E-state index is 0.251. The Morgan fingerprint density at radius 3 is 1.83 bits per heavy atom. The molecule has 0 amide bonds. The van der Waals surface area contributed by atoms with Crippen LogP contribution in [0.5, 0.6) is 0 Å². The standard InChI is InChI=1S/C21H23PS/c1-21(2,3)23-20-16-10-15-19(20)22(17-11-6-4-7-12-17)18-13-8-5-9-14-18/h4-15H,16H2,1-3H3. The topological polar surface area (TPSA) is 0 Å². The molecule has 118 valence electrons. The van der Waals surface area contributed by atoms with Gasteiger partial charge in [0.25, 0.3) is 0 Å². The van der Waals surface area contributed by atoms with Gasteiger partial charge in [-0.05, 0) is 35.2 Å². The zero-order valence-corrected chi connectivity index (χ0v) is 15.7. The van der Waals surface area contributed by atoms with Gasteiger partial charge in [-0.3, -0.25) is 0 Å². The minimum Gasteiger partial charge on any atom is -0.124 e. The molecule has 1 aliphatic rings. The Labute approximate surface area is 145 Å². The van der Waals surface area contributed by atoms with E-state index in [2.05, 4.69) is 93.6 Å². The van der Waals surface area contributed by atoms with Gasteiger partial charge in [-0.2, -0.15) is 0 Å². The Morgan fingerprint density at radius 2 is 1.35 bits per heavy atom. The molecule has 0 bridgehead atoms. The van der Waals surface area contributed by atoms with Crippen LogP contribution in [0.15, 0.2) is 83.0 Å². The van der Waals surface area contributed by atoms with E-state index in [9.17, 15) is 0 Å². The molecule has 0 spiro atoms. The summed E-state index contributed by atoms with van der Waals surface area (Å²) in [6, 6.07) is 21.9. The third-order valence-corrected chi connectivity index (χ3v) is 7.49. The Hall–Kier alpha value is -1.30. The molecule has 0 aromatic heterocycles. The van der Waals surface area contributed by atoms with Crippen molar-refractivity contribution in [1.82, 2.24) is 0 Å². The molecule has 23 heavy (non-hydrogen) atoms. The largest absolute Gasteiger partial charge is 0.124 e. The van der Waals surface area contributed by atoms with Crippen LogP contribution < -0.4 is 10.6 Å². The lowest BCUT2D eigenvalue weighted by Crippen LogP contribution is -2.13. The van der Waals surface area contributed by atoms with Crippen LogP contribution in [0.25, 0.3) is 0 Å². The van der Waals surface area contributed by atoms with Crippen LogP contribution in [0.1, 0.15) is 27.2 Å². The second kappa shape index (κ2) is 7.07. The van der Waals surface area contributed by atoms with Crippen molar-refractivity contribution in [2.75, 3.05) is 0 Å². The molecule has 2 aromatic carbocycles. The van der Waals surface area contributed by atoms with Gasteiger partial charge < -0.3 is 0 Å². The molecule has 0 radical (unpaired) electrons. The molecule has 1 aliphatic carbocycles. The van der Waals surface area contributed by atoms with Crippen molar-refractivity contribution >= 4 is 30.3 Å². The fraction of sp³-hybridized carbons (Fsp3) is 0.238. The fourth-order valence-electron chi connectivity index (χ4n) is 2.72. The first-order valence-electron chi connectivity index (χ1n) is 8.03. The van der Waals surface area contributed by atoms with Crippen molar-refractivity contribution in [1.29, 1.82) is 0 Å². The van der Waals surface area contributed by atoms with Crippen molar-refractivity contribution in [3.8, 4) is 0 Å². The summed E-state index contributed by atoms with van der Waals surface area (Å²) >= 11 is 2.02. The van der Waals surface area contributed by atoms with E-state index in [0.29, 0.717) is 0 Å². The first-order valence-corrected chi connectivity index (χ1v) is 10.2. The maximum absolute atomic E-state index is 2.36. The number of benzene rings is 2. The quantitative estimate of drug-likeness (QED) is 0.633. The summed E-state index contributed by atoms with van der Waals surface area (Å²) in [5, 5.41) is 4.39. The lowest BCUT2D eigenvalue weighted by atomic mass is 10.3. The summed E-state index contributed by atoms with van der Waals surface area (Å²) in [6.45, 7) is 6.90.